The van der Waals surface area contributed by atoms with E-state index in [1.807, 2.05) is 6.92 Å². The van der Waals surface area contributed by atoms with Crippen LogP contribution in [0.1, 0.15) is 23.7 Å². The number of benzene rings is 1. The van der Waals surface area contributed by atoms with Crippen molar-refractivity contribution in [2.24, 2.45) is 0 Å². The van der Waals surface area contributed by atoms with Crippen molar-refractivity contribution in [3.8, 4) is 5.75 Å². The number of amides is 2. The maximum absolute atomic E-state index is 13.8. The molecule has 0 bridgehead atoms. The molecule has 2 aromatic rings. The first-order valence-corrected chi connectivity index (χ1v) is 9.23. The Labute approximate surface area is 162 Å². The summed E-state index contributed by atoms with van der Waals surface area (Å²) in [7, 11) is 0. The van der Waals surface area contributed by atoms with Crippen LogP contribution in [0.2, 0.25) is 0 Å². The molecular weight excluding hydrogens is 363 g/mol. The number of aromatic nitrogens is 1. The van der Waals surface area contributed by atoms with Crippen LogP contribution in [0.4, 0.5) is 10.2 Å². The lowest BCUT2D eigenvalue weighted by Crippen LogP contribution is -2.43. The lowest BCUT2D eigenvalue weighted by atomic mass is 10.2. The van der Waals surface area contributed by atoms with Crippen LogP contribution >= 0.6 is 0 Å². The first kappa shape index (κ1) is 19.6. The van der Waals surface area contributed by atoms with Gasteiger partial charge in [0.15, 0.2) is 11.6 Å². The van der Waals surface area contributed by atoms with Crippen molar-refractivity contribution in [3.63, 3.8) is 0 Å². The molecule has 1 aliphatic rings. The lowest BCUT2D eigenvalue weighted by Gasteiger charge is -2.18. The Bertz CT molecular complexity index is 846. The number of ether oxygens (including phenoxy) is 1. The number of para-hydroxylation sites is 1. The predicted molar refractivity (Wildman–Crippen MR) is 103 cm³/mol. The highest BCUT2D eigenvalue weighted by molar-refractivity contribution is 5.98. The lowest BCUT2D eigenvalue weighted by molar-refractivity contribution is -0.120. The van der Waals surface area contributed by atoms with Crippen LogP contribution in [0.25, 0.3) is 0 Å². The van der Waals surface area contributed by atoms with Crippen molar-refractivity contribution in [1.29, 1.82) is 0 Å². The van der Waals surface area contributed by atoms with E-state index in [1.54, 1.807) is 41.4 Å². The Hall–Kier alpha value is -3.16. The minimum atomic E-state index is -0.380. The number of anilines is 1. The van der Waals surface area contributed by atoms with E-state index in [-0.39, 0.29) is 30.2 Å². The normalized spacial score (nSPS) is 15.9. The van der Waals surface area contributed by atoms with Gasteiger partial charge in [-0.2, -0.15) is 0 Å². The minimum absolute atomic E-state index is 0.124. The molecule has 0 aliphatic carbocycles. The summed E-state index contributed by atoms with van der Waals surface area (Å²) in [6.07, 6.45) is 2.23. The SMILES string of the molecule is CCOc1ccccc1C(=O)NCC(=O)NC1CCN(c2ncccc2F)C1. The molecule has 1 aromatic carbocycles. The van der Waals surface area contributed by atoms with Crippen molar-refractivity contribution in [1.82, 2.24) is 15.6 Å². The van der Waals surface area contributed by atoms with E-state index >= 15 is 0 Å². The topological polar surface area (TPSA) is 83.6 Å². The number of hydrogen-bond donors (Lipinski definition) is 2. The summed E-state index contributed by atoms with van der Waals surface area (Å²) in [4.78, 5) is 30.4. The molecule has 3 rings (SSSR count). The number of nitrogens with zero attached hydrogens (tertiary/aromatic N) is 2. The molecule has 148 valence electrons. The van der Waals surface area contributed by atoms with Gasteiger partial charge in [0.25, 0.3) is 5.91 Å². The van der Waals surface area contributed by atoms with E-state index in [2.05, 4.69) is 15.6 Å². The van der Waals surface area contributed by atoms with Crippen molar-refractivity contribution in [3.05, 3.63) is 54.0 Å². The summed E-state index contributed by atoms with van der Waals surface area (Å²) >= 11 is 0. The van der Waals surface area contributed by atoms with Crippen molar-refractivity contribution in [2.75, 3.05) is 31.1 Å². The summed E-state index contributed by atoms with van der Waals surface area (Å²) in [5.41, 5.74) is 0.384. The van der Waals surface area contributed by atoms with Crippen molar-refractivity contribution < 1.29 is 18.7 Å². The number of rotatable bonds is 7. The molecule has 1 atom stereocenters. The zero-order valence-electron chi connectivity index (χ0n) is 15.7. The first-order valence-electron chi connectivity index (χ1n) is 9.23. The number of pyridine rings is 1. The second-order valence-corrected chi connectivity index (χ2v) is 6.42. The molecule has 28 heavy (non-hydrogen) atoms. The van der Waals surface area contributed by atoms with Crippen LogP contribution in [-0.4, -0.2) is 49.1 Å². The number of carbonyl (C=O) groups is 2. The zero-order chi connectivity index (χ0) is 19.9. The molecule has 1 unspecified atom stereocenters. The number of halogens is 1. The zero-order valence-corrected chi connectivity index (χ0v) is 15.7. The summed E-state index contributed by atoms with van der Waals surface area (Å²) in [5.74, 6) is -0.278. The average Bonchev–Trinajstić information content (AvgIpc) is 3.15. The molecule has 1 saturated heterocycles. The molecule has 2 N–H and O–H groups in total. The summed E-state index contributed by atoms with van der Waals surface area (Å²) in [5, 5.41) is 5.47. The Morgan fingerprint density at radius 1 is 1.29 bits per heavy atom. The van der Waals surface area contributed by atoms with Crippen LogP contribution in [0, 0.1) is 5.82 Å². The minimum Gasteiger partial charge on any atom is -0.493 e. The molecule has 2 amide bonds. The van der Waals surface area contributed by atoms with Gasteiger partial charge < -0.3 is 20.3 Å². The third-order valence-corrected chi connectivity index (χ3v) is 4.43. The van der Waals surface area contributed by atoms with Crippen molar-refractivity contribution >= 4 is 17.6 Å². The van der Waals surface area contributed by atoms with Crippen LogP contribution in [0.3, 0.4) is 0 Å². The molecule has 0 saturated carbocycles. The van der Waals surface area contributed by atoms with E-state index in [0.29, 0.717) is 43.2 Å². The summed E-state index contributed by atoms with van der Waals surface area (Å²) in [6.45, 7) is 3.21. The fourth-order valence-electron chi connectivity index (χ4n) is 3.15. The van der Waals surface area contributed by atoms with Gasteiger partial charge in [-0.15, -0.1) is 0 Å². The summed E-state index contributed by atoms with van der Waals surface area (Å²) in [6, 6.07) is 9.66. The largest absolute Gasteiger partial charge is 0.493 e. The van der Waals surface area contributed by atoms with E-state index in [4.69, 9.17) is 4.74 Å². The van der Waals surface area contributed by atoms with Gasteiger partial charge in [-0.25, -0.2) is 9.37 Å². The fraction of sp³-hybridized carbons (Fsp3) is 0.350. The molecule has 1 aliphatic heterocycles. The highest BCUT2D eigenvalue weighted by Gasteiger charge is 2.26. The number of carbonyl (C=O) groups excluding carboxylic acids is 2. The van der Waals surface area contributed by atoms with Gasteiger partial charge in [-0.1, -0.05) is 12.1 Å². The fourth-order valence-corrected chi connectivity index (χ4v) is 3.15. The monoisotopic (exact) mass is 386 g/mol. The van der Waals surface area contributed by atoms with Crippen LogP contribution in [0.15, 0.2) is 42.6 Å². The highest BCUT2D eigenvalue weighted by Crippen LogP contribution is 2.21. The van der Waals surface area contributed by atoms with Crippen LogP contribution in [0.5, 0.6) is 5.75 Å². The van der Waals surface area contributed by atoms with Gasteiger partial charge in [0.1, 0.15) is 5.75 Å². The second kappa shape index (κ2) is 9.16. The molecule has 0 spiro atoms. The maximum Gasteiger partial charge on any atom is 0.255 e. The van der Waals surface area contributed by atoms with Crippen molar-refractivity contribution in [2.45, 2.75) is 19.4 Å². The Morgan fingerprint density at radius 2 is 2.11 bits per heavy atom. The van der Waals surface area contributed by atoms with Gasteiger partial charge in [-0.3, -0.25) is 9.59 Å². The quantitative estimate of drug-likeness (QED) is 0.757. The highest BCUT2D eigenvalue weighted by atomic mass is 19.1. The molecular formula is C20H23FN4O3. The van der Waals surface area contributed by atoms with Gasteiger partial charge in [-0.05, 0) is 37.6 Å². The summed E-state index contributed by atoms with van der Waals surface area (Å²) < 4.78 is 19.3. The Kier molecular flexibility index (Phi) is 6.41. The molecule has 0 radical (unpaired) electrons. The predicted octanol–water partition coefficient (Wildman–Crippen LogP) is 1.74. The van der Waals surface area contributed by atoms with E-state index < -0.39 is 0 Å². The second-order valence-electron chi connectivity index (χ2n) is 6.42. The van der Waals surface area contributed by atoms with E-state index in [9.17, 15) is 14.0 Å². The smallest absolute Gasteiger partial charge is 0.255 e. The number of nitrogens with one attached hydrogen (secondary N) is 2. The van der Waals surface area contributed by atoms with E-state index in [1.165, 1.54) is 6.07 Å². The van der Waals surface area contributed by atoms with Crippen LogP contribution < -0.4 is 20.3 Å². The third-order valence-electron chi connectivity index (χ3n) is 4.43. The standard InChI is InChI=1S/C20H23FN4O3/c1-2-28-17-8-4-3-6-15(17)20(27)23-12-18(26)24-14-9-11-25(13-14)19-16(21)7-5-10-22-19/h3-8,10,14H,2,9,11-13H2,1H3,(H,23,27)(H,24,26). The maximum atomic E-state index is 13.8. The van der Waals surface area contributed by atoms with Gasteiger partial charge >= 0.3 is 0 Å². The van der Waals surface area contributed by atoms with Gasteiger partial charge in [0.05, 0.1) is 18.7 Å². The third kappa shape index (κ3) is 4.76. The molecule has 8 heteroatoms. The Balaban J connectivity index is 1.49. The molecule has 1 aromatic heterocycles. The molecule has 1 fully saturated rings. The van der Waals surface area contributed by atoms with Gasteiger partial charge in [0.2, 0.25) is 5.91 Å². The Morgan fingerprint density at radius 3 is 2.89 bits per heavy atom. The first-order chi connectivity index (χ1) is 13.6. The van der Waals surface area contributed by atoms with E-state index in [0.717, 1.165) is 0 Å². The van der Waals surface area contributed by atoms with Gasteiger partial charge in [0, 0.05) is 25.3 Å². The number of hydrogen-bond acceptors (Lipinski definition) is 5. The molecule has 2 heterocycles. The average molecular weight is 386 g/mol. The van der Waals surface area contributed by atoms with Crippen LogP contribution in [-0.2, 0) is 4.79 Å². The molecule has 7 nitrogen and oxygen atoms in total.